The van der Waals surface area contributed by atoms with E-state index in [0.717, 1.165) is 11.1 Å². The van der Waals surface area contributed by atoms with Crippen molar-refractivity contribution in [2.45, 2.75) is 13.3 Å². The number of anilines is 1. The molecule has 0 unspecified atom stereocenters. The van der Waals surface area contributed by atoms with Crippen LogP contribution in [0.25, 0.3) is 10.6 Å². The third-order valence-corrected chi connectivity index (χ3v) is 5.57. The van der Waals surface area contributed by atoms with Crippen LogP contribution < -0.4 is 14.8 Å². The molecule has 3 aromatic rings. The summed E-state index contributed by atoms with van der Waals surface area (Å²) in [5.74, 6) is -0.990. The number of carbonyl (C=O) groups is 2. The van der Waals surface area contributed by atoms with E-state index in [0.29, 0.717) is 24.6 Å². The third kappa shape index (κ3) is 5.26. The summed E-state index contributed by atoms with van der Waals surface area (Å²) in [6.07, 6.45) is 0.627. The molecule has 0 saturated heterocycles. The number of aryl methyl sites for hydroxylation is 1. The van der Waals surface area contributed by atoms with Gasteiger partial charge in [-0.2, -0.15) is 0 Å². The molecule has 0 saturated carbocycles. The summed E-state index contributed by atoms with van der Waals surface area (Å²) in [4.78, 5) is 39.7. The van der Waals surface area contributed by atoms with Crippen molar-refractivity contribution in [2.75, 3.05) is 25.1 Å². The van der Waals surface area contributed by atoms with E-state index in [-0.39, 0.29) is 28.6 Å². The number of amides is 1. The highest BCUT2D eigenvalue weighted by Crippen LogP contribution is 2.39. The average molecular weight is 469 g/mol. The van der Waals surface area contributed by atoms with Crippen molar-refractivity contribution in [3.8, 4) is 22.1 Å². The molecule has 1 aromatic heterocycles. The Labute approximate surface area is 192 Å². The van der Waals surface area contributed by atoms with Crippen LogP contribution in [-0.2, 0) is 9.53 Å². The zero-order valence-corrected chi connectivity index (χ0v) is 18.3. The molecule has 1 aliphatic heterocycles. The molecular formula is C22H19N3O7S. The first-order valence-corrected chi connectivity index (χ1v) is 10.9. The second-order valence-corrected chi connectivity index (χ2v) is 8.01. The molecule has 0 spiro atoms. The number of aromatic nitrogens is 1. The number of benzene rings is 2. The number of nitro benzene ring substituents is 1. The van der Waals surface area contributed by atoms with E-state index in [9.17, 15) is 19.7 Å². The highest BCUT2D eigenvalue weighted by molar-refractivity contribution is 7.13. The van der Waals surface area contributed by atoms with Crippen LogP contribution in [0.1, 0.15) is 22.5 Å². The number of carbonyl (C=O) groups excluding carboxylic acids is 2. The Bertz CT molecular complexity index is 1210. The number of nitrogens with one attached hydrogen (secondary N) is 1. The largest absolute Gasteiger partial charge is 0.489 e. The maximum absolute atomic E-state index is 12.3. The van der Waals surface area contributed by atoms with Gasteiger partial charge in [-0.25, -0.2) is 9.78 Å². The fourth-order valence-corrected chi connectivity index (χ4v) is 3.83. The zero-order valence-electron chi connectivity index (χ0n) is 17.5. The number of fused-ring (bicyclic) bond motifs is 1. The van der Waals surface area contributed by atoms with E-state index in [2.05, 4.69) is 10.3 Å². The highest BCUT2D eigenvalue weighted by Gasteiger charge is 2.23. The molecule has 0 fully saturated rings. The minimum atomic E-state index is -0.770. The number of hydrogen-bond acceptors (Lipinski definition) is 9. The van der Waals surface area contributed by atoms with Crippen LogP contribution in [0.15, 0.2) is 41.8 Å². The molecule has 0 atom stereocenters. The van der Waals surface area contributed by atoms with Gasteiger partial charge >= 0.3 is 5.97 Å². The first-order valence-electron chi connectivity index (χ1n) is 9.98. The molecule has 4 rings (SSSR count). The van der Waals surface area contributed by atoms with E-state index < -0.39 is 23.4 Å². The van der Waals surface area contributed by atoms with Gasteiger partial charge in [0.1, 0.15) is 10.7 Å². The molecule has 33 heavy (non-hydrogen) atoms. The average Bonchev–Trinajstić information content (AvgIpc) is 3.17. The summed E-state index contributed by atoms with van der Waals surface area (Å²) in [7, 11) is 0. The Morgan fingerprint density at radius 1 is 1.18 bits per heavy atom. The topological polar surface area (TPSA) is 130 Å². The second-order valence-electron chi connectivity index (χ2n) is 7.15. The van der Waals surface area contributed by atoms with Gasteiger partial charge in [-0.05, 0) is 6.92 Å². The number of esters is 1. The number of nitrogens with zero attached hydrogens (tertiary/aromatic N) is 2. The first kappa shape index (κ1) is 22.2. The molecule has 1 N–H and O–H groups in total. The van der Waals surface area contributed by atoms with E-state index in [1.54, 1.807) is 5.38 Å². The Morgan fingerprint density at radius 2 is 1.88 bits per heavy atom. The quantitative estimate of drug-likeness (QED) is 0.326. The van der Waals surface area contributed by atoms with Gasteiger partial charge < -0.3 is 19.5 Å². The number of nitro groups is 1. The zero-order chi connectivity index (χ0) is 23.4. The van der Waals surface area contributed by atoms with Crippen molar-refractivity contribution in [2.24, 2.45) is 0 Å². The Kier molecular flexibility index (Phi) is 6.50. The van der Waals surface area contributed by atoms with Crippen LogP contribution in [0.4, 0.5) is 11.4 Å². The van der Waals surface area contributed by atoms with Gasteiger partial charge in [-0.3, -0.25) is 14.9 Å². The Hall–Kier alpha value is -3.99. The SMILES string of the molecule is Cc1ccc(-c2nc(C(=O)OCC(=O)Nc3cc4c(cc3[N+](=O)[O-])OCCCO4)cs2)cc1. The lowest BCUT2D eigenvalue weighted by Gasteiger charge is -2.11. The minimum absolute atomic E-state index is 0.0740. The predicted octanol–water partition coefficient (Wildman–Crippen LogP) is 3.98. The van der Waals surface area contributed by atoms with Gasteiger partial charge in [0.05, 0.1) is 24.2 Å². The smallest absolute Gasteiger partial charge is 0.358 e. The Balaban J connectivity index is 1.40. The molecular weight excluding hydrogens is 450 g/mol. The number of hydrogen-bond donors (Lipinski definition) is 1. The van der Waals surface area contributed by atoms with Crippen LogP contribution in [-0.4, -0.2) is 41.6 Å². The maximum atomic E-state index is 12.3. The van der Waals surface area contributed by atoms with Crippen LogP contribution in [0, 0.1) is 17.0 Å². The number of thiazole rings is 1. The van der Waals surface area contributed by atoms with Gasteiger partial charge in [0.2, 0.25) is 0 Å². The standard InChI is InChI=1S/C22H19N3O7S/c1-13-3-5-14(6-4-13)21-24-16(12-33-21)22(27)32-11-20(26)23-15-9-18-19(10-17(15)25(28)29)31-8-2-7-30-18/h3-6,9-10,12H,2,7-8,11H2,1H3,(H,23,26). The van der Waals surface area contributed by atoms with E-state index in [1.807, 2.05) is 31.2 Å². The lowest BCUT2D eigenvalue weighted by molar-refractivity contribution is -0.384. The molecule has 2 aromatic carbocycles. The summed E-state index contributed by atoms with van der Waals surface area (Å²) in [5.41, 5.74) is 1.60. The second kappa shape index (κ2) is 9.65. The lowest BCUT2D eigenvalue weighted by atomic mass is 10.2. The third-order valence-electron chi connectivity index (χ3n) is 4.68. The maximum Gasteiger partial charge on any atom is 0.358 e. The minimum Gasteiger partial charge on any atom is -0.489 e. The van der Waals surface area contributed by atoms with Gasteiger partial charge in [0, 0.05) is 23.4 Å². The number of rotatable bonds is 6. The summed E-state index contributed by atoms with van der Waals surface area (Å²) < 4.78 is 16.0. The van der Waals surface area contributed by atoms with Crippen molar-refractivity contribution in [3.05, 3.63) is 63.1 Å². The molecule has 0 radical (unpaired) electrons. The van der Waals surface area contributed by atoms with Crippen molar-refractivity contribution < 1.29 is 28.7 Å². The molecule has 1 aliphatic rings. The predicted molar refractivity (Wildman–Crippen MR) is 120 cm³/mol. The molecule has 1 amide bonds. The Morgan fingerprint density at radius 3 is 2.58 bits per heavy atom. The molecule has 0 aliphatic carbocycles. The van der Waals surface area contributed by atoms with Crippen molar-refractivity contribution in [1.82, 2.24) is 4.98 Å². The molecule has 170 valence electrons. The van der Waals surface area contributed by atoms with Crippen LogP contribution in [0.2, 0.25) is 0 Å². The summed E-state index contributed by atoms with van der Waals surface area (Å²) in [5, 5.41) is 16.0. The van der Waals surface area contributed by atoms with Crippen molar-refractivity contribution in [1.29, 1.82) is 0 Å². The van der Waals surface area contributed by atoms with Gasteiger partial charge in [-0.15, -0.1) is 11.3 Å². The van der Waals surface area contributed by atoms with E-state index >= 15 is 0 Å². The van der Waals surface area contributed by atoms with Gasteiger partial charge in [0.15, 0.2) is 23.8 Å². The molecule has 2 heterocycles. The van der Waals surface area contributed by atoms with Crippen LogP contribution in [0.3, 0.4) is 0 Å². The fourth-order valence-electron chi connectivity index (χ4n) is 3.04. The summed E-state index contributed by atoms with van der Waals surface area (Å²) in [6, 6.07) is 10.2. The van der Waals surface area contributed by atoms with Crippen molar-refractivity contribution in [3.63, 3.8) is 0 Å². The van der Waals surface area contributed by atoms with Gasteiger partial charge in [-0.1, -0.05) is 29.8 Å². The monoisotopic (exact) mass is 469 g/mol. The lowest BCUT2D eigenvalue weighted by Crippen LogP contribution is -2.21. The van der Waals surface area contributed by atoms with Crippen LogP contribution in [0.5, 0.6) is 11.5 Å². The van der Waals surface area contributed by atoms with E-state index in [4.69, 9.17) is 14.2 Å². The molecule has 11 heteroatoms. The highest BCUT2D eigenvalue weighted by atomic mass is 32.1. The summed E-state index contributed by atoms with van der Waals surface area (Å²) >= 11 is 1.28. The molecule has 0 bridgehead atoms. The summed E-state index contributed by atoms with van der Waals surface area (Å²) in [6.45, 7) is 2.09. The van der Waals surface area contributed by atoms with Gasteiger partial charge in [0.25, 0.3) is 11.6 Å². The number of ether oxygens (including phenoxy) is 3. The van der Waals surface area contributed by atoms with E-state index in [1.165, 1.54) is 23.5 Å². The normalized spacial score (nSPS) is 12.5. The van der Waals surface area contributed by atoms with Crippen molar-refractivity contribution >= 4 is 34.6 Å². The van der Waals surface area contributed by atoms with Crippen LogP contribution >= 0.6 is 11.3 Å². The fraction of sp³-hybridized carbons (Fsp3) is 0.227. The first-order chi connectivity index (χ1) is 15.9. The molecule has 10 nitrogen and oxygen atoms in total.